The highest BCUT2D eigenvalue weighted by atomic mass is 16.4. The highest BCUT2D eigenvalue weighted by molar-refractivity contribution is 5.94. The molecular weight excluding hydrogens is 522 g/mol. The number of hydrogen-bond donors (Lipinski definition) is 8. The smallest absolute Gasteiger partial charge is 0.326 e. The Hall–Kier alpha value is -4.20. The molecule has 0 fully saturated rings. The van der Waals surface area contributed by atoms with Crippen molar-refractivity contribution in [2.75, 3.05) is 6.54 Å². The molecule has 0 radical (unpaired) electrons. The van der Waals surface area contributed by atoms with Crippen LogP contribution < -0.4 is 33.2 Å². The van der Waals surface area contributed by atoms with E-state index in [2.05, 4.69) is 20.9 Å². The van der Waals surface area contributed by atoms with Gasteiger partial charge in [0, 0.05) is 19.4 Å². The van der Waals surface area contributed by atoms with Crippen LogP contribution in [0.4, 0.5) is 0 Å². The summed E-state index contributed by atoms with van der Waals surface area (Å²) < 4.78 is 0. The molecule has 40 heavy (non-hydrogen) atoms. The molecule has 0 bridgehead atoms. The first kappa shape index (κ1) is 33.8. The van der Waals surface area contributed by atoms with Crippen molar-refractivity contribution in [1.29, 1.82) is 0 Å². The first-order valence-electron chi connectivity index (χ1n) is 13.0. The van der Waals surface area contributed by atoms with E-state index in [1.807, 2.05) is 13.8 Å². The van der Waals surface area contributed by atoms with E-state index in [9.17, 15) is 29.1 Å². The predicted molar refractivity (Wildman–Crippen MR) is 148 cm³/mol. The van der Waals surface area contributed by atoms with Crippen LogP contribution in [0.5, 0.6) is 0 Å². The molecule has 0 aliphatic heterocycles. The number of guanidine groups is 1. The standard InChI is InChI=1S/C26H41N7O7/c1-15(2)13-19(24(38)33-20(25(39)40)14-16-7-4-3-5-8-16)32-23(37)18(9-6-12-30-26(28)29)31-22(36)17(27)10-11-21(34)35/h3-5,7-8,15,17-20H,6,9-14,27H2,1-2H3,(H,31,36)(H,32,37)(H,33,38)(H,34,35)(H,39,40)(H4,28,29,30). The van der Waals surface area contributed by atoms with Crippen molar-refractivity contribution in [3.8, 4) is 0 Å². The Kier molecular flexibility index (Phi) is 14.7. The molecule has 0 spiro atoms. The second-order valence-corrected chi connectivity index (χ2v) is 9.83. The van der Waals surface area contributed by atoms with Crippen molar-refractivity contribution in [2.45, 2.75) is 76.5 Å². The third kappa shape index (κ3) is 13.6. The Balaban J connectivity index is 3.04. The number of benzene rings is 1. The fraction of sp³-hybridized carbons (Fsp3) is 0.538. The van der Waals surface area contributed by atoms with Gasteiger partial charge in [0.15, 0.2) is 5.96 Å². The molecule has 4 atom stereocenters. The summed E-state index contributed by atoms with van der Waals surface area (Å²) in [5.41, 5.74) is 17.2. The van der Waals surface area contributed by atoms with Crippen LogP contribution in [0.3, 0.4) is 0 Å². The van der Waals surface area contributed by atoms with Crippen LogP contribution in [0.15, 0.2) is 35.3 Å². The largest absolute Gasteiger partial charge is 0.481 e. The molecule has 0 heterocycles. The number of carboxylic acid groups (broad SMARTS) is 2. The van der Waals surface area contributed by atoms with Crippen molar-refractivity contribution in [3.05, 3.63) is 35.9 Å². The van der Waals surface area contributed by atoms with E-state index in [1.54, 1.807) is 30.3 Å². The minimum atomic E-state index is -1.23. The summed E-state index contributed by atoms with van der Waals surface area (Å²) in [4.78, 5) is 65.5. The highest BCUT2D eigenvalue weighted by Crippen LogP contribution is 2.10. The predicted octanol–water partition coefficient (Wildman–Crippen LogP) is -0.940. The van der Waals surface area contributed by atoms with Gasteiger partial charge in [-0.05, 0) is 37.2 Å². The summed E-state index contributed by atoms with van der Waals surface area (Å²) in [6, 6.07) is 4.15. The highest BCUT2D eigenvalue weighted by Gasteiger charge is 2.30. The average molecular weight is 564 g/mol. The maximum atomic E-state index is 13.3. The van der Waals surface area contributed by atoms with Crippen molar-refractivity contribution < 1.29 is 34.2 Å². The van der Waals surface area contributed by atoms with Gasteiger partial charge in [-0.25, -0.2) is 4.79 Å². The Morgan fingerprint density at radius 3 is 1.98 bits per heavy atom. The lowest BCUT2D eigenvalue weighted by atomic mass is 10.0. The fourth-order valence-electron chi connectivity index (χ4n) is 3.76. The van der Waals surface area contributed by atoms with E-state index in [0.29, 0.717) is 12.0 Å². The van der Waals surface area contributed by atoms with Gasteiger partial charge in [-0.1, -0.05) is 44.2 Å². The fourth-order valence-corrected chi connectivity index (χ4v) is 3.76. The van der Waals surface area contributed by atoms with Crippen LogP contribution in [-0.4, -0.2) is 76.5 Å². The maximum Gasteiger partial charge on any atom is 0.326 e. The number of rotatable bonds is 18. The zero-order valence-electron chi connectivity index (χ0n) is 22.8. The van der Waals surface area contributed by atoms with Crippen LogP contribution in [0, 0.1) is 5.92 Å². The summed E-state index contributed by atoms with van der Waals surface area (Å²) in [6.45, 7) is 3.84. The van der Waals surface area contributed by atoms with E-state index in [1.165, 1.54) is 0 Å². The van der Waals surface area contributed by atoms with E-state index in [-0.39, 0.29) is 50.5 Å². The quantitative estimate of drug-likeness (QED) is 0.0618. The van der Waals surface area contributed by atoms with Gasteiger partial charge in [0.05, 0.1) is 6.04 Å². The molecule has 0 saturated heterocycles. The monoisotopic (exact) mass is 563 g/mol. The number of nitrogens with zero attached hydrogens (tertiary/aromatic N) is 1. The molecule has 0 saturated carbocycles. The molecule has 11 N–H and O–H groups in total. The first-order valence-corrected chi connectivity index (χ1v) is 13.0. The summed E-state index contributed by atoms with van der Waals surface area (Å²) in [6.07, 6.45) is 0.145. The third-order valence-electron chi connectivity index (χ3n) is 5.82. The van der Waals surface area contributed by atoms with Gasteiger partial charge in [-0.3, -0.25) is 24.2 Å². The van der Waals surface area contributed by atoms with Gasteiger partial charge >= 0.3 is 11.9 Å². The number of carbonyl (C=O) groups is 5. The number of nitrogens with two attached hydrogens (primary N) is 3. The number of aliphatic carboxylic acids is 2. The van der Waals surface area contributed by atoms with Crippen molar-refractivity contribution >= 4 is 35.6 Å². The van der Waals surface area contributed by atoms with E-state index in [0.717, 1.165) is 0 Å². The lowest BCUT2D eigenvalue weighted by Crippen LogP contribution is -2.57. The molecule has 1 rings (SSSR count). The Bertz CT molecular complexity index is 1030. The van der Waals surface area contributed by atoms with Gasteiger partial charge in [-0.2, -0.15) is 0 Å². The van der Waals surface area contributed by atoms with E-state index in [4.69, 9.17) is 22.3 Å². The zero-order chi connectivity index (χ0) is 30.2. The number of carbonyl (C=O) groups excluding carboxylic acids is 3. The topological polar surface area (TPSA) is 252 Å². The molecule has 14 nitrogen and oxygen atoms in total. The Morgan fingerprint density at radius 2 is 1.43 bits per heavy atom. The number of aliphatic imine (C=N–C) groups is 1. The molecule has 0 aliphatic rings. The number of amides is 3. The number of nitrogens with one attached hydrogen (secondary N) is 3. The molecule has 1 aromatic rings. The summed E-state index contributed by atoms with van der Waals surface area (Å²) in [5, 5.41) is 26.2. The van der Waals surface area contributed by atoms with Gasteiger partial charge < -0.3 is 43.4 Å². The molecule has 222 valence electrons. The SMILES string of the molecule is CC(C)CC(NC(=O)C(CCCN=C(N)N)NC(=O)C(N)CCC(=O)O)C(=O)NC(Cc1ccccc1)C(=O)O. The van der Waals surface area contributed by atoms with Crippen LogP contribution in [0.25, 0.3) is 0 Å². The minimum absolute atomic E-state index is 0.0436. The lowest BCUT2D eigenvalue weighted by Gasteiger charge is -2.26. The molecular formula is C26H41N7O7. The van der Waals surface area contributed by atoms with Gasteiger partial charge in [0.2, 0.25) is 17.7 Å². The van der Waals surface area contributed by atoms with Gasteiger partial charge in [0.1, 0.15) is 18.1 Å². The molecule has 14 heteroatoms. The molecule has 4 unspecified atom stereocenters. The van der Waals surface area contributed by atoms with Crippen molar-refractivity contribution in [2.24, 2.45) is 28.1 Å². The lowest BCUT2D eigenvalue weighted by molar-refractivity contribution is -0.142. The summed E-state index contributed by atoms with van der Waals surface area (Å²) in [7, 11) is 0. The van der Waals surface area contributed by atoms with E-state index >= 15 is 0 Å². The summed E-state index contributed by atoms with van der Waals surface area (Å²) >= 11 is 0. The zero-order valence-corrected chi connectivity index (χ0v) is 22.8. The molecule has 0 aliphatic carbocycles. The van der Waals surface area contributed by atoms with Crippen LogP contribution >= 0.6 is 0 Å². The molecule has 3 amide bonds. The molecule has 1 aromatic carbocycles. The van der Waals surface area contributed by atoms with Gasteiger partial charge in [0.25, 0.3) is 0 Å². The second-order valence-electron chi connectivity index (χ2n) is 9.83. The Labute approximate surface area is 233 Å². The van der Waals surface area contributed by atoms with Crippen LogP contribution in [-0.2, 0) is 30.4 Å². The van der Waals surface area contributed by atoms with Gasteiger partial charge in [-0.15, -0.1) is 0 Å². The van der Waals surface area contributed by atoms with Crippen molar-refractivity contribution in [3.63, 3.8) is 0 Å². The Morgan fingerprint density at radius 1 is 0.850 bits per heavy atom. The van der Waals surface area contributed by atoms with Crippen molar-refractivity contribution in [1.82, 2.24) is 16.0 Å². The maximum absolute atomic E-state index is 13.3. The third-order valence-corrected chi connectivity index (χ3v) is 5.82. The van der Waals surface area contributed by atoms with E-state index < -0.39 is 53.8 Å². The second kappa shape index (κ2) is 17.4. The first-order chi connectivity index (χ1) is 18.8. The number of hydrogen-bond acceptors (Lipinski definition) is 7. The summed E-state index contributed by atoms with van der Waals surface area (Å²) in [5.74, 6) is -4.66. The normalized spacial score (nSPS) is 13.8. The molecule has 0 aromatic heterocycles. The van der Waals surface area contributed by atoms with Crippen LogP contribution in [0.1, 0.15) is 51.5 Å². The minimum Gasteiger partial charge on any atom is -0.481 e. The average Bonchev–Trinajstić information content (AvgIpc) is 2.87. The van der Waals surface area contributed by atoms with Crippen LogP contribution in [0.2, 0.25) is 0 Å². The number of carboxylic acids is 2.